The molecule has 112 valence electrons. The maximum absolute atomic E-state index is 8.48. The molecule has 0 heterocycles. The molecule has 0 aliphatic rings. The van der Waals surface area contributed by atoms with Crippen molar-refractivity contribution in [3.63, 3.8) is 0 Å². The first-order valence-corrected chi connectivity index (χ1v) is 9.61. The van der Waals surface area contributed by atoms with Crippen molar-refractivity contribution in [2.75, 3.05) is 18.5 Å². The third-order valence-electron chi connectivity index (χ3n) is 2.48. The van der Waals surface area contributed by atoms with Gasteiger partial charge in [-0.25, -0.2) is 0 Å². The molecule has 0 saturated heterocycles. The largest absolute Gasteiger partial charge is 2.00 e. The van der Waals surface area contributed by atoms with Gasteiger partial charge in [0.1, 0.15) is 0 Å². The van der Waals surface area contributed by atoms with Crippen molar-refractivity contribution < 1.29 is 19.8 Å². The van der Waals surface area contributed by atoms with Gasteiger partial charge in [0, 0.05) is 0 Å². The molecule has 0 bridgehead atoms. The molecule has 0 saturated carbocycles. The molecule has 0 aromatic carbocycles. The third kappa shape index (κ3) is 32.6. The van der Waals surface area contributed by atoms with E-state index in [1.807, 2.05) is 0 Å². The number of unbranched alkanes of at least 4 members (excludes halogenated alkanes) is 3. The Kier molecular flexibility index (Phi) is 36.1. The molecule has 2 N–H and O–H groups in total. The zero-order valence-corrected chi connectivity index (χ0v) is 15.9. The topological polar surface area (TPSA) is 94.7 Å². The van der Waals surface area contributed by atoms with E-state index in [1.54, 1.807) is 18.5 Å². The Morgan fingerprint density at radius 2 is 1.05 bits per heavy atom. The van der Waals surface area contributed by atoms with E-state index in [2.05, 4.69) is 20.8 Å². The molecule has 0 spiro atoms. The van der Waals surface area contributed by atoms with E-state index >= 15 is 0 Å². The minimum Gasteiger partial charge on any atom is -0.598 e. The van der Waals surface area contributed by atoms with Crippen molar-refractivity contribution in [2.45, 2.75) is 59.3 Å². The van der Waals surface area contributed by atoms with Crippen LogP contribution in [-0.4, -0.2) is 47.0 Å². The van der Waals surface area contributed by atoms with Crippen molar-refractivity contribution in [1.82, 2.24) is 0 Å². The Morgan fingerprint density at radius 3 is 1.21 bits per heavy atom. The van der Waals surface area contributed by atoms with Crippen molar-refractivity contribution in [2.24, 2.45) is 0 Å². The van der Waals surface area contributed by atoms with Gasteiger partial charge in [-0.15, -0.1) is 7.92 Å². The summed E-state index contributed by atoms with van der Waals surface area (Å²) < 4.78 is 8.48. The van der Waals surface area contributed by atoms with E-state index in [0.717, 1.165) is 0 Å². The van der Waals surface area contributed by atoms with Crippen LogP contribution in [0.4, 0.5) is 0 Å². The van der Waals surface area contributed by atoms with E-state index in [-0.39, 0.29) is 28.5 Å². The monoisotopic (exact) mass is 323 g/mol. The standard InChI is InChI=1S/C12H27P.Mg.HO3P.H2O/c1-4-7-10-13(11-8-5-2)12-9-6-3;;1-4(2)3;/h4-12H2,1-3H3;;(H,1,2,3);1H2/q;+2;;/p-1. The molecule has 0 aromatic heterocycles. The van der Waals surface area contributed by atoms with Gasteiger partial charge in [-0.05, 0) is 37.7 Å². The van der Waals surface area contributed by atoms with Gasteiger partial charge >= 0.3 is 23.1 Å². The SMILES string of the molecule is CCCCP(CCCC)CCCC.O.O=[P+]([O-])[O-].[Mg+2]. The van der Waals surface area contributed by atoms with Crippen LogP contribution in [0.2, 0.25) is 0 Å². The fraction of sp³-hybridized carbons (Fsp3) is 1.00. The van der Waals surface area contributed by atoms with E-state index in [1.165, 1.54) is 38.5 Å². The molecule has 0 aliphatic heterocycles. The van der Waals surface area contributed by atoms with Gasteiger partial charge < -0.3 is 15.3 Å². The van der Waals surface area contributed by atoms with Gasteiger partial charge in [0.25, 0.3) is 8.25 Å². The molecule has 19 heavy (non-hydrogen) atoms. The molecular formula is C12H29MgO4P2+. The maximum Gasteiger partial charge on any atom is 2.00 e. The summed E-state index contributed by atoms with van der Waals surface area (Å²) in [6.07, 6.45) is 13.2. The molecular weight excluding hydrogens is 294 g/mol. The Morgan fingerprint density at radius 1 is 0.842 bits per heavy atom. The van der Waals surface area contributed by atoms with Crippen LogP contribution >= 0.6 is 16.2 Å². The summed E-state index contributed by atoms with van der Waals surface area (Å²) in [6, 6.07) is 0. The Labute approximate surface area is 136 Å². The molecule has 0 aromatic rings. The average molecular weight is 324 g/mol. The summed E-state index contributed by atoms with van der Waals surface area (Å²) in [7, 11) is -2.95. The summed E-state index contributed by atoms with van der Waals surface area (Å²) >= 11 is 0. The summed E-state index contributed by atoms with van der Waals surface area (Å²) in [4.78, 5) is 17.0. The first-order valence-electron chi connectivity index (χ1n) is 6.62. The summed E-state index contributed by atoms with van der Waals surface area (Å²) in [5.74, 6) is 0. The van der Waals surface area contributed by atoms with Gasteiger partial charge in [0.05, 0.1) is 0 Å². The molecule has 0 atom stereocenters. The van der Waals surface area contributed by atoms with E-state index < -0.39 is 8.25 Å². The third-order valence-corrected chi connectivity index (χ3v) is 5.33. The minimum absolute atomic E-state index is 0. The van der Waals surface area contributed by atoms with Gasteiger partial charge in [-0.1, -0.05) is 44.6 Å². The van der Waals surface area contributed by atoms with Crippen molar-refractivity contribution in [1.29, 1.82) is 0 Å². The van der Waals surface area contributed by atoms with Crippen LogP contribution in [0.3, 0.4) is 0 Å². The summed E-state index contributed by atoms with van der Waals surface area (Å²) in [5.41, 5.74) is 0. The smallest absolute Gasteiger partial charge is 0.598 e. The fourth-order valence-electron chi connectivity index (χ4n) is 1.48. The van der Waals surface area contributed by atoms with Gasteiger partial charge in [-0.2, -0.15) is 0 Å². The van der Waals surface area contributed by atoms with Crippen LogP contribution in [0.5, 0.6) is 0 Å². The molecule has 7 heteroatoms. The molecule has 0 amide bonds. The second-order valence-corrected chi connectivity index (χ2v) is 7.26. The van der Waals surface area contributed by atoms with Crippen LogP contribution in [0.1, 0.15) is 59.3 Å². The van der Waals surface area contributed by atoms with Gasteiger partial charge in [-0.3, -0.25) is 0 Å². The van der Waals surface area contributed by atoms with Crippen LogP contribution < -0.4 is 9.79 Å². The van der Waals surface area contributed by atoms with E-state index in [9.17, 15) is 0 Å². The van der Waals surface area contributed by atoms with Crippen LogP contribution in [-0.2, 0) is 4.57 Å². The number of rotatable bonds is 9. The molecule has 0 aliphatic carbocycles. The van der Waals surface area contributed by atoms with E-state index in [0.29, 0.717) is 7.92 Å². The first kappa shape index (κ1) is 28.4. The van der Waals surface area contributed by atoms with Crippen molar-refractivity contribution in [3.05, 3.63) is 0 Å². The minimum atomic E-state index is -3.37. The zero-order chi connectivity index (χ0) is 13.5. The number of hydrogen-bond acceptors (Lipinski definition) is 3. The second-order valence-electron chi connectivity index (χ2n) is 4.13. The first-order chi connectivity index (χ1) is 8.08. The van der Waals surface area contributed by atoms with E-state index in [4.69, 9.17) is 14.4 Å². The molecule has 0 radical (unpaired) electrons. The van der Waals surface area contributed by atoms with Gasteiger partial charge in [0.15, 0.2) is 0 Å². The van der Waals surface area contributed by atoms with Crippen LogP contribution in [0, 0.1) is 0 Å². The molecule has 0 rings (SSSR count). The fourth-order valence-corrected chi connectivity index (χ4v) is 4.44. The Bertz CT molecular complexity index is 151. The van der Waals surface area contributed by atoms with Crippen LogP contribution in [0.25, 0.3) is 0 Å². The molecule has 0 unspecified atom stereocenters. The second kappa shape index (κ2) is 24.2. The predicted octanol–water partition coefficient (Wildman–Crippen LogP) is 2.03. The molecule has 0 fully saturated rings. The predicted molar refractivity (Wildman–Crippen MR) is 83.2 cm³/mol. The van der Waals surface area contributed by atoms with Crippen molar-refractivity contribution >= 4 is 39.2 Å². The molecule has 4 nitrogen and oxygen atoms in total. The number of hydrogen-bond donors (Lipinski definition) is 0. The Balaban J connectivity index is -0.000000165. The summed E-state index contributed by atoms with van der Waals surface area (Å²) in [5, 5.41) is 0. The quantitative estimate of drug-likeness (QED) is 0.480. The Hall–Kier alpha value is 1.18. The van der Waals surface area contributed by atoms with Crippen molar-refractivity contribution in [3.8, 4) is 0 Å². The van der Waals surface area contributed by atoms with Gasteiger partial charge in [0.2, 0.25) is 0 Å². The summed E-state index contributed by atoms with van der Waals surface area (Å²) in [6.45, 7) is 6.94. The zero-order valence-electron chi connectivity index (χ0n) is 12.7. The van der Waals surface area contributed by atoms with Crippen LogP contribution in [0.15, 0.2) is 0 Å². The normalized spacial score (nSPS) is 8.95. The maximum atomic E-state index is 8.48. The average Bonchev–Trinajstić information content (AvgIpc) is 2.27.